The van der Waals surface area contributed by atoms with E-state index in [1.54, 1.807) is 12.1 Å². The Morgan fingerprint density at radius 3 is 1.96 bits per heavy atom. The number of rotatable bonds is 8. The molecule has 0 heterocycles. The Balaban J connectivity index is 0.000000463. The Kier molecular flexibility index (Phi) is 10.3. The van der Waals surface area contributed by atoms with Crippen LogP contribution in [0.3, 0.4) is 0 Å². The van der Waals surface area contributed by atoms with E-state index < -0.39 is 30.1 Å². The van der Waals surface area contributed by atoms with Crippen LogP contribution in [0.15, 0.2) is 24.3 Å². The third kappa shape index (κ3) is 11.3. The highest BCUT2D eigenvalue weighted by Gasteiger charge is 2.11. The zero-order valence-corrected chi connectivity index (χ0v) is 13.6. The first-order chi connectivity index (χ1) is 11.6. The average molecular weight is 356 g/mol. The second kappa shape index (κ2) is 11.6. The predicted octanol–water partition coefficient (Wildman–Crippen LogP) is -0.807. The highest BCUT2D eigenvalue weighted by molar-refractivity contribution is 5.73. The van der Waals surface area contributed by atoms with E-state index in [1.165, 1.54) is 12.1 Å². The Morgan fingerprint density at radius 1 is 1.00 bits per heavy atom. The van der Waals surface area contributed by atoms with Gasteiger partial charge in [-0.3, -0.25) is 9.59 Å². The summed E-state index contributed by atoms with van der Waals surface area (Å²) in [4.78, 5) is 30.7. The fraction of sp³-hybridized carbons (Fsp3) is 0.400. The van der Waals surface area contributed by atoms with Crippen LogP contribution in [0.2, 0.25) is 0 Å². The number of carboxylic acid groups (broad SMARTS) is 2. The molecule has 0 aliphatic rings. The zero-order valence-electron chi connectivity index (χ0n) is 13.6. The van der Waals surface area contributed by atoms with Gasteiger partial charge < -0.3 is 37.8 Å². The van der Waals surface area contributed by atoms with Crippen LogP contribution in [0.5, 0.6) is 5.75 Å². The topological polar surface area (TPSA) is 202 Å². The standard InChI is InChI=1S/C9H11NO3.C6H13N3O3/c10-8(9(12)13)5-6-1-3-7(11)4-2-6;7-4(5(10)11)2-1-3-9-6(8)12/h1-4,8,11H,5,10H2,(H,12,13);4H,1-3,7H2,(H,10,11)(H3,8,9,12)/t8-;4-/m00/s1. The van der Waals surface area contributed by atoms with Crippen LogP contribution < -0.4 is 22.5 Å². The molecule has 2 amide bonds. The molecule has 1 aromatic rings. The van der Waals surface area contributed by atoms with Gasteiger partial charge in [0.05, 0.1) is 0 Å². The van der Waals surface area contributed by atoms with Gasteiger partial charge in [-0.1, -0.05) is 12.1 Å². The molecule has 0 unspecified atom stereocenters. The number of aromatic hydroxyl groups is 1. The zero-order chi connectivity index (χ0) is 19.4. The summed E-state index contributed by atoms with van der Waals surface area (Å²) in [6.45, 7) is 0.357. The minimum atomic E-state index is -1.03. The number of urea groups is 1. The smallest absolute Gasteiger partial charge is 0.320 e. The number of carboxylic acids is 2. The molecule has 0 aliphatic heterocycles. The van der Waals surface area contributed by atoms with E-state index in [9.17, 15) is 14.4 Å². The quantitative estimate of drug-likeness (QED) is 0.293. The van der Waals surface area contributed by atoms with Gasteiger partial charge in [0, 0.05) is 6.54 Å². The minimum absolute atomic E-state index is 0.160. The third-order valence-electron chi connectivity index (χ3n) is 3.02. The van der Waals surface area contributed by atoms with Crippen LogP contribution in [0, 0.1) is 0 Å². The van der Waals surface area contributed by atoms with E-state index in [4.69, 9.17) is 32.5 Å². The molecule has 2 atom stereocenters. The number of phenolic OH excluding ortho intramolecular Hbond substituents is 1. The van der Waals surface area contributed by atoms with E-state index in [0.29, 0.717) is 19.4 Å². The molecule has 0 fully saturated rings. The van der Waals surface area contributed by atoms with Crippen molar-refractivity contribution in [2.24, 2.45) is 17.2 Å². The summed E-state index contributed by atoms with van der Waals surface area (Å²) < 4.78 is 0. The summed E-state index contributed by atoms with van der Waals surface area (Å²) in [5.41, 5.74) is 16.1. The van der Waals surface area contributed by atoms with E-state index in [2.05, 4.69) is 5.32 Å². The molecule has 10 heteroatoms. The van der Waals surface area contributed by atoms with Crippen molar-refractivity contribution in [1.82, 2.24) is 5.32 Å². The van der Waals surface area contributed by atoms with Gasteiger partial charge in [-0.2, -0.15) is 0 Å². The summed E-state index contributed by atoms with van der Waals surface area (Å²) in [6.07, 6.45) is 1.11. The van der Waals surface area contributed by atoms with Crippen LogP contribution in [-0.2, 0) is 16.0 Å². The molecule has 140 valence electrons. The van der Waals surface area contributed by atoms with Crippen LogP contribution in [0.25, 0.3) is 0 Å². The predicted molar refractivity (Wildman–Crippen MR) is 89.9 cm³/mol. The second-order valence-corrected chi connectivity index (χ2v) is 5.19. The number of hydrogen-bond donors (Lipinski definition) is 7. The highest BCUT2D eigenvalue weighted by atomic mass is 16.4. The molecule has 1 aromatic carbocycles. The van der Waals surface area contributed by atoms with Crippen LogP contribution in [-0.4, -0.2) is 51.9 Å². The molecular formula is C15H24N4O6. The highest BCUT2D eigenvalue weighted by Crippen LogP contribution is 2.10. The number of aliphatic carboxylic acids is 2. The van der Waals surface area contributed by atoms with Gasteiger partial charge in [-0.15, -0.1) is 0 Å². The fourth-order valence-corrected chi connectivity index (χ4v) is 1.63. The van der Waals surface area contributed by atoms with Crippen molar-refractivity contribution in [2.45, 2.75) is 31.3 Å². The maximum absolute atomic E-state index is 10.4. The molecule has 0 saturated carbocycles. The number of nitrogens with one attached hydrogen (secondary N) is 1. The summed E-state index contributed by atoms with van der Waals surface area (Å²) >= 11 is 0. The largest absolute Gasteiger partial charge is 0.508 e. The number of carbonyl (C=O) groups is 3. The number of benzene rings is 1. The Labute approximate surface area is 144 Å². The fourth-order valence-electron chi connectivity index (χ4n) is 1.63. The van der Waals surface area contributed by atoms with Crippen molar-refractivity contribution in [3.8, 4) is 5.75 Å². The lowest BCUT2D eigenvalue weighted by molar-refractivity contribution is -0.139. The molecule has 0 bridgehead atoms. The SMILES string of the molecule is NC(=O)NCCC[C@H](N)C(=O)O.N[C@@H](Cc1ccc(O)cc1)C(=O)O. The van der Waals surface area contributed by atoms with Gasteiger partial charge in [0.15, 0.2) is 0 Å². The summed E-state index contributed by atoms with van der Waals surface area (Å²) in [7, 11) is 0. The van der Waals surface area contributed by atoms with Crippen molar-refractivity contribution in [3.63, 3.8) is 0 Å². The monoisotopic (exact) mass is 356 g/mol. The van der Waals surface area contributed by atoms with Gasteiger partial charge in [0.1, 0.15) is 17.8 Å². The van der Waals surface area contributed by atoms with Crippen LogP contribution in [0.4, 0.5) is 4.79 Å². The Bertz CT molecular complexity index is 564. The Morgan fingerprint density at radius 2 is 1.52 bits per heavy atom. The average Bonchev–Trinajstić information content (AvgIpc) is 2.53. The molecule has 0 saturated heterocycles. The molecule has 25 heavy (non-hydrogen) atoms. The van der Waals surface area contributed by atoms with Crippen molar-refractivity contribution in [3.05, 3.63) is 29.8 Å². The normalized spacial score (nSPS) is 12.2. The number of carbonyl (C=O) groups excluding carboxylic acids is 1. The second-order valence-electron chi connectivity index (χ2n) is 5.19. The van der Waals surface area contributed by atoms with E-state index >= 15 is 0 Å². The summed E-state index contributed by atoms with van der Waals surface area (Å²) in [5, 5.41) is 28.2. The van der Waals surface area contributed by atoms with E-state index in [0.717, 1.165) is 5.56 Å². The van der Waals surface area contributed by atoms with Gasteiger partial charge in [-0.25, -0.2) is 4.79 Å². The molecular weight excluding hydrogens is 332 g/mol. The van der Waals surface area contributed by atoms with Crippen LogP contribution >= 0.6 is 0 Å². The summed E-state index contributed by atoms with van der Waals surface area (Å²) in [5.74, 6) is -1.89. The lowest BCUT2D eigenvalue weighted by Crippen LogP contribution is -2.33. The van der Waals surface area contributed by atoms with Crippen LogP contribution in [0.1, 0.15) is 18.4 Å². The van der Waals surface area contributed by atoms with E-state index in [-0.39, 0.29) is 12.2 Å². The van der Waals surface area contributed by atoms with Gasteiger partial charge in [0.2, 0.25) is 0 Å². The molecule has 10 N–H and O–H groups in total. The maximum atomic E-state index is 10.4. The van der Waals surface area contributed by atoms with Gasteiger partial charge in [0.25, 0.3) is 0 Å². The molecule has 0 aliphatic carbocycles. The minimum Gasteiger partial charge on any atom is -0.508 e. The van der Waals surface area contributed by atoms with Crippen molar-refractivity contribution in [2.75, 3.05) is 6.54 Å². The lowest BCUT2D eigenvalue weighted by atomic mass is 10.1. The third-order valence-corrected chi connectivity index (χ3v) is 3.02. The van der Waals surface area contributed by atoms with Crippen molar-refractivity contribution >= 4 is 18.0 Å². The molecule has 10 nitrogen and oxygen atoms in total. The first kappa shape index (κ1) is 22.1. The molecule has 0 radical (unpaired) electrons. The van der Waals surface area contributed by atoms with E-state index in [1.807, 2.05) is 0 Å². The summed E-state index contributed by atoms with van der Waals surface area (Å²) in [6, 6.07) is 3.95. The van der Waals surface area contributed by atoms with Gasteiger partial charge >= 0.3 is 18.0 Å². The van der Waals surface area contributed by atoms with Crippen molar-refractivity contribution < 1.29 is 29.7 Å². The molecule has 0 spiro atoms. The number of primary amides is 1. The number of hydrogen-bond acceptors (Lipinski definition) is 6. The number of phenols is 1. The Hall–Kier alpha value is -2.85. The number of nitrogens with two attached hydrogens (primary N) is 3. The first-order valence-corrected chi connectivity index (χ1v) is 7.41. The molecule has 0 aromatic heterocycles. The number of amides is 2. The van der Waals surface area contributed by atoms with Crippen molar-refractivity contribution in [1.29, 1.82) is 0 Å². The first-order valence-electron chi connectivity index (χ1n) is 7.41. The molecule has 1 rings (SSSR count). The maximum Gasteiger partial charge on any atom is 0.320 e. The lowest BCUT2D eigenvalue weighted by Gasteiger charge is -2.05. The van der Waals surface area contributed by atoms with Gasteiger partial charge in [-0.05, 0) is 37.0 Å².